The lowest BCUT2D eigenvalue weighted by Gasteiger charge is -2.19. The van der Waals surface area contributed by atoms with Gasteiger partial charge in [-0.25, -0.2) is 0 Å². The third-order valence-electron chi connectivity index (χ3n) is 7.80. The number of aromatic nitrogens is 1. The van der Waals surface area contributed by atoms with Crippen molar-refractivity contribution in [2.45, 2.75) is 45.6 Å². The molecule has 11 nitrogen and oxygen atoms in total. The number of ether oxygens (including phenoxy) is 3. The van der Waals surface area contributed by atoms with Crippen molar-refractivity contribution in [2.75, 3.05) is 32.9 Å². The van der Waals surface area contributed by atoms with Crippen molar-refractivity contribution >= 4 is 29.2 Å². The molecule has 0 saturated heterocycles. The molecule has 0 aliphatic carbocycles. The van der Waals surface area contributed by atoms with E-state index in [0.717, 1.165) is 41.8 Å². The maximum Gasteiger partial charge on any atom is 0.323 e. The molecule has 13 heteroatoms. The molecule has 0 saturated carbocycles. The molecule has 4 rings (SSSR count). The van der Waals surface area contributed by atoms with Crippen molar-refractivity contribution in [1.82, 2.24) is 15.6 Å². The average Bonchev–Trinajstić information content (AvgIpc) is 3.11. The molecule has 3 aromatic carbocycles. The Morgan fingerprint density at radius 3 is 2.44 bits per heavy atom. The number of nitriles is 1. The molecule has 4 aromatic rings. The van der Waals surface area contributed by atoms with Crippen LogP contribution in [0.4, 0.5) is 0 Å². The summed E-state index contributed by atoms with van der Waals surface area (Å²) < 4.78 is 18.3. The number of carbonyl (C=O) groups is 1. The van der Waals surface area contributed by atoms with Gasteiger partial charge in [0.1, 0.15) is 42.6 Å². The molecule has 1 unspecified atom stereocenters. The smallest absolute Gasteiger partial charge is 0.323 e. The second-order valence-corrected chi connectivity index (χ2v) is 12.1. The topological polar surface area (TPSA) is 166 Å². The Balaban J connectivity index is 1.51. The van der Waals surface area contributed by atoms with Crippen LogP contribution < -0.4 is 24.8 Å². The minimum Gasteiger partial charge on any atom is -0.492 e. The second kappa shape index (κ2) is 19.7. The summed E-state index contributed by atoms with van der Waals surface area (Å²) in [6.07, 6.45) is 4.54. The summed E-state index contributed by atoms with van der Waals surface area (Å²) in [5, 5.41) is 43.8. The first kappa shape index (κ1) is 38.4. The summed E-state index contributed by atoms with van der Waals surface area (Å²) in [5.74, 6) is 0.113. The van der Waals surface area contributed by atoms with Gasteiger partial charge in [-0.1, -0.05) is 53.5 Å². The Labute approximate surface area is 301 Å². The lowest BCUT2D eigenvalue weighted by atomic mass is 9.96. The van der Waals surface area contributed by atoms with E-state index in [2.05, 4.69) is 21.7 Å². The van der Waals surface area contributed by atoms with Gasteiger partial charge in [0, 0.05) is 48.3 Å². The van der Waals surface area contributed by atoms with Crippen molar-refractivity contribution in [3.63, 3.8) is 0 Å². The van der Waals surface area contributed by atoms with Crippen LogP contribution in [-0.4, -0.2) is 65.2 Å². The van der Waals surface area contributed by atoms with Crippen molar-refractivity contribution < 1.29 is 34.3 Å². The fraction of sp³-hybridized carbons (Fsp3) is 0.324. The highest BCUT2D eigenvalue weighted by molar-refractivity contribution is 6.35. The van der Waals surface area contributed by atoms with Gasteiger partial charge in [0.15, 0.2) is 0 Å². The summed E-state index contributed by atoms with van der Waals surface area (Å²) in [6.45, 7) is 3.87. The standard InChI is InChI=1S/C37H40Cl2N4O7/c1-24-27(6-2-7-29(24)30-8-3-9-33(36(30)39)48-13-5-11-41-10-4-12-44)23-50-35-16-34(49-22-26-14-25(17-40)18-42-19-26)28(15-31(35)38)20-43-32(21-45)37(46)47/h2-3,6-9,14-16,18-19,32,41,43-45H,4-5,10-13,20-23H2,1H3,(H,46,47). The van der Waals surface area contributed by atoms with E-state index in [0.29, 0.717) is 52.0 Å². The van der Waals surface area contributed by atoms with Crippen molar-refractivity contribution in [2.24, 2.45) is 0 Å². The first-order valence-electron chi connectivity index (χ1n) is 16.1. The summed E-state index contributed by atoms with van der Waals surface area (Å²) in [7, 11) is 0. The number of nitrogens with zero attached hydrogens (tertiary/aromatic N) is 2. The summed E-state index contributed by atoms with van der Waals surface area (Å²) in [6, 6.07) is 17.3. The number of hydrogen-bond donors (Lipinski definition) is 5. The largest absolute Gasteiger partial charge is 0.492 e. The molecular formula is C37H40Cl2N4O7. The zero-order valence-corrected chi connectivity index (χ0v) is 29.1. The van der Waals surface area contributed by atoms with Crippen molar-refractivity contribution in [3.8, 4) is 34.4 Å². The lowest BCUT2D eigenvalue weighted by Crippen LogP contribution is -2.39. The van der Waals surface area contributed by atoms with Crippen LogP contribution in [0, 0.1) is 18.3 Å². The third kappa shape index (κ3) is 10.8. The number of carboxylic acids is 1. The van der Waals surface area contributed by atoms with Gasteiger partial charge in [-0.15, -0.1) is 0 Å². The Morgan fingerprint density at radius 1 is 0.920 bits per heavy atom. The SMILES string of the molecule is Cc1c(COc2cc(OCc3cncc(C#N)c3)c(CNC(CO)C(=O)O)cc2Cl)cccc1-c1cccc(OCCCNCCCO)c1Cl. The molecule has 1 aromatic heterocycles. The first-order valence-corrected chi connectivity index (χ1v) is 16.8. The van der Waals surface area contributed by atoms with Crippen LogP contribution in [0.5, 0.6) is 17.2 Å². The van der Waals surface area contributed by atoms with Crippen LogP contribution in [-0.2, 0) is 24.6 Å². The highest BCUT2D eigenvalue weighted by atomic mass is 35.5. The van der Waals surface area contributed by atoms with E-state index in [1.165, 1.54) is 6.20 Å². The monoisotopic (exact) mass is 722 g/mol. The molecule has 0 aliphatic rings. The molecule has 0 fully saturated rings. The van der Waals surface area contributed by atoms with E-state index in [1.54, 1.807) is 24.4 Å². The van der Waals surface area contributed by atoms with E-state index in [-0.39, 0.29) is 31.4 Å². The molecule has 0 spiro atoms. The van der Waals surface area contributed by atoms with E-state index >= 15 is 0 Å². The fourth-order valence-electron chi connectivity index (χ4n) is 5.04. The lowest BCUT2D eigenvalue weighted by molar-refractivity contribution is -0.140. The normalized spacial score (nSPS) is 11.5. The molecule has 1 heterocycles. The molecule has 0 radical (unpaired) electrons. The minimum absolute atomic E-state index is 0.0373. The maximum absolute atomic E-state index is 11.5. The highest BCUT2D eigenvalue weighted by Crippen LogP contribution is 2.38. The Hall–Kier alpha value is -4.41. The predicted octanol–water partition coefficient (Wildman–Crippen LogP) is 5.67. The number of benzene rings is 3. The zero-order chi connectivity index (χ0) is 35.9. The molecule has 1 atom stereocenters. The van der Waals surface area contributed by atoms with E-state index in [4.69, 9.17) is 42.5 Å². The van der Waals surface area contributed by atoms with Gasteiger partial charge >= 0.3 is 5.97 Å². The second-order valence-electron chi connectivity index (χ2n) is 11.4. The van der Waals surface area contributed by atoms with Crippen molar-refractivity contribution in [1.29, 1.82) is 5.26 Å². The first-order chi connectivity index (χ1) is 24.2. The van der Waals surface area contributed by atoms with E-state index in [1.807, 2.05) is 43.3 Å². The van der Waals surface area contributed by atoms with Gasteiger partial charge in [0.2, 0.25) is 0 Å². The average molecular weight is 724 g/mol. The number of aliphatic carboxylic acids is 1. The van der Waals surface area contributed by atoms with Crippen LogP contribution >= 0.6 is 23.2 Å². The number of halogens is 2. The maximum atomic E-state index is 11.5. The Bertz CT molecular complexity index is 1780. The number of nitrogens with one attached hydrogen (secondary N) is 2. The van der Waals surface area contributed by atoms with E-state index < -0.39 is 18.6 Å². The fourth-order valence-corrected chi connectivity index (χ4v) is 5.56. The Kier molecular flexibility index (Phi) is 15.1. The number of pyridine rings is 1. The Morgan fingerprint density at radius 2 is 1.68 bits per heavy atom. The van der Waals surface area contributed by atoms with Crippen LogP contribution in [0.2, 0.25) is 10.0 Å². The van der Waals surface area contributed by atoms with Crippen LogP contribution in [0.25, 0.3) is 11.1 Å². The van der Waals surface area contributed by atoms with Gasteiger partial charge in [-0.05, 0) is 67.7 Å². The van der Waals surface area contributed by atoms with Gasteiger partial charge in [-0.3, -0.25) is 15.1 Å². The van der Waals surface area contributed by atoms with Crippen LogP contribution in [0.15, 0.2) is 67.0 Å². The third-order valence-corrected chi connectivity index (χ3v) is 8.49. The molecule has 0 aliphatic heterocycles. The van der Waals surface area contributed by atoms with Gasteiger partial charge in [0.05, 0.1) is 28.8 Å². The zero-order valence-electron chi connectivity index (χ0n) is 27.6. The number of rotatable bonds is 20. The molecule has 0 amide bonds. The highest BCUT2D eigenvalue weighted by Gasteiger charge is 2.19. The number of hydrogen-bond acceptors (Lipinski definition) is 10. The quantitative estimate of drug-likeness (QED) is 0.0714. The summed E-state index contributed by atoms with van der Waals surface area (Å²) in [5.41, 5.74) is 5.19. The number of aliphatic hydroxyl groups is 2. The molecule has 50 heavy (non-hydrogen) atoms. The van der Waals surface area contributed by atoms with E-state index in [9.17, 15) is 20.3 Å². The predicted molar refractivity (Wildman–Crippen MR) is 191 cm³/mol. The van der Waals surface area contributed by atoms with Crippen LogP contribution in [0.3, 0.4) is 0 Å². The van der Waals surface area contributed by atoms with Gasteiger partial charge in [-0.2, -0.15) is 5.26 Å². The minimum atomic E-state index is -1.20. The number of aliphatic hydroxyl groups excluding tert-OH is 2. The van der Waals surface area contributed by atoms with Gasteiger partial charge in [0.25, 0.3) is 0 Å². The van der Waals surface area contributed by atoms with Crippen molar-refractivity contribution in [3.05, 3.63) is 105 Å². The van der Waals surface area contributed by atoms with Crippen LogP contribution in [0.1, 0.15) is 40.7 Å². The van der Waals surface area contributed by atoms with Gasteiger partial charge < -0.3 is 34.8 Å². The molecule has 0 bridgehead atoms. The molecule has 5 N–H and O–H groups in total. The summed E-state index contributed by atoms with van der Waals surface area (Å²) in [4.78, 5) is 15.5. The number of carboxylic acid groups (broad SMARTS) is 1. The summed E-state index contributed by atoms with van der Waals surface area (Å²) >= 11 is 13.5. The molecule has 264 valence electrons. The molecular weight excluding hydrogens is 683 g/mol.